The molecule has 3 aromatic carbocycles. The van der Waals surface area contributed by atoms with Crippen LogP contribution in [0.3, 0.4) is 0 Å². The smallest absolute Gasteiger partial charge is 0.251 e. The lowest BCUT2D eigenvalue weighted by molar-refractivity contribution is -0.123. The van der Waals surface area contributed by atoms with Crippen molar-refractivity contribution >= 4 is 46.1 Å². The SMILES string of the molecule is COc1cc(C(=O)NC[C@@](O)(c2ccccc2)c2cc3c(c(-c4ccc(F)c(Cl)c4Cl)n2)OC[C@]3(C)C(N)=O)cc2oc(C3CC3)nc12. The Bertz CT molecular complexity index is 2120. The first kappa shape index (κ1) is 31.9. The number of halogens is 3. The van der Waals surface area contributed by atoms with E-state index in [9.17, 15) is 19.1 Å². The molecule has 7 rings (SSSR count). The van der Waals surface area contributed by atoms with Crippen molar-refractivity contribution < 1.29 is 33.0 Å². The summed E-state index contributed by atoms with van der Waals surface area (Å²) in [5, 5.41) is 14.9. The number of aliphatic hydroxyl groups is 1. The number of carbonyl (C=O) groups is 2. The first-order valence-electron chi connectivity index (χ1n) is 15.1. The predicted molar refractivity (Wildman–Crippen MR) is 176 cm³/mol. The van der Waals surface area contributed by atoms with E-state index in [1.807, 2.05) is 0 Å². The summed E-state index contributed by atoms with van der Waals surface area (Å²) in [6.07, 6.45) is 1.98. The monoisotopic (exact) mass is 690 g/mol. The Morgan fingerprint density at radius 2 is 1.88 bits per heavy atom. The van der Waals surface area contributed by atoms with Gasteiger partial charge in [-0.2, -0.15) is 0 Å². The third-order valence-corrected chi connectivity index (χ3v) is 9.83. The predicted octanol–water partition coefficient (Wildman–Crippen LogP) is 6.02. The number of oxazole rings is 1. The maximum absolute atomic E-state index is 14.3. The number of carbonyl (C=O) groups excluding carboxylic acids is 2. The van der Waals surface area contributed by atoms with E-state index in [0.29, 0.717) is 33.9 Å². The Morgan fingerprint density at radius 3 is 2.56 bits per heavy atom. The van der Waals surface area contributed by atoms with E-state index in [0.717, 1.165) is 18.9 Å². The average molecular weight is 692 g/mol. The van der Waals surface area contributed by atoms with Crippen molar-refractivity contribution in [2.24, 2.45) is 5.73 Å². The van der Waals surface area contributed by atoms with Crippen LogP contribution in [0.15, 0.2) is 65.1 Å². The lowest BCUT2D eigenvalue weighted by atomic mass is 9.80. The summed E-state index contributed by atoms with van der Waals surface area (Å²) in [4.78, 5) is 35.8. The van der Waals surface area contributed by atoms with Gasteiger partial charge in [0.1, 0.15) is 40.6 Å². The van der Waals surface area contributed by atoms with Gasteiger partial charge in [-0.05, 0) is 55.7 Å². The molecular weight excluding hydrogens is 662 g/mol. The molecule has 0 spiro atoms. The number of benzene rings is 3. The van der Waals surface area contributed by atoms with Gasteiger partial charge in [0.05, 0.1) is 29.4 Å². The number of fused-ring (bicyclic) bond motifs is 2. The molecular formula is C35H29Cl2FN4O6. The number of nitrogens with two attached hydrogens (primary N) is 1. The first-order chi connectivity index (χ1) is 22.9. The number of hydrogen-bond acceptors (Lipinski definition) is 8. The van der Waals surface area contributed by atoms with Gasteiger partial charge in [-0.1, -0.05) is 53.5 Å². The quantitative estimate of drug-likeness (QED) is 0.159. The molecule has 1 aliphatic carbocycles. The van der Waals surface area contributed by atoms with Crippen molar-refractivity contribution in [1.82, 2.24) is 15.3 Å². The normalized spacial score (nSPS) is 18.2. The lowest BCUT2D eigenvalue weighted by Crippen LogP contribution is -2.43. The molecule has 13 heteroatoms. The number of rotatable bonds is 9. The van der Waals surface area contributed by atoms with E-state index < -0.39 is 28.6 Å². The van der Waals surface area contributed by atoms with Crippen LogP contribution in [0.4, 0.5) is 4.39 Å². The number of ether oxygens (including phenoxy) is 2. The highest BCUT2D eigenvalue weighted by atomic mass is 35.5. The van der Waals surface area contributed by atoms with Gasteiger partial charge in [-0.3, -0.25) is 9.59 Å². The molecule has 2 aliphatic rings. The zero-order chi connectivity index (χ0) is 34.0. The molecule has 0 saturated heterocycles. The average Bonchev–Trinajstić information content (AvgIpc) is 3.76. The maximum atomic E-state index is 14.3. The third kappa shape index (κ3) is 5.22. The molecule has 2 amide bonds. The summed E-state index contributed by atoms with van der Waals surface area (Å²) in [6.45, 7) is 1.13. The minimum atomic E-state index is -1.97. The van der Waals surface area contributed by atoms with Gasteiger partial charge >= 0.3 is 0 Å². The number of primary amides is 1. The molecule has 1 saturated carbocycles. The van der Waals surface area contributed by atoms with Crippen molar-refractivity contribution in [1.29, 1.82) is 0 Å². The fourth-order valence-electron chi connectivity index (χ4n) is 5.86. The van der Waals surface area contributed by atoms with Gasteiger partial charge in [0.15, 0.2) is 17.0 Å². The van der Waals surface area contributed by atoms with Crippen molar-refractivity contribution in [2.75, 3.05) is 20.3 Å². The lowest BCUT2D eigenvalue weighted by Gasteiger charge is -2.30. The largest absolute Gasteiger partial charge is 0.494 e. The molecule has 1 aliphatic heterocycles. The standard InChI is InChI=1S/C35H29Cl2FN4O6/c1-34(33(39)44)16-47-30-21(34)14-25(41-28(30)20-10-11-22(38)27(37)26(20)36)35(45,19-6-4-3-5-7-19)15-40-31(43)18-12-23(46-2)29-24(13-18)48-32(42-29)17-8-9-17/h3-7,10-14,17,45H,8-9,15-16H2,1-2H3,(H2,39,44)(H,40,43)/t34-,35+/m0/s1. The maximum Gasteiger partial charge on any atom is 0.251 e. The van der Waals surface area contributed by atoms with Crippen LogP contribution in [-0.4, -0.2) is 47.2 Å². The summed E-state index contributed by atoms with van der Waals surface area (Å²) in [5.74, 6) is -0.535. The molecule has 1 fully saturated rings. The van der Waals surface area contributed by atoms with Crippen LogP contribution in [0.25, 0.3) is 22.4 Å². The van der Waals surface area contributed by atoms with Crippen LogP contribution in [0.2, 0.25) is 10.0 Å². The highest BCUT2D eigenvalue weighted by molar-refractivity contribution is 6.43. The fourth-order valence-corrected chi connectivity index (χ4v) is 6.27. The molecule has 10 nitrogen and oxygen atoms in total. The van der Waals surface area contributed by atoms with Crippen molar-refractivity contribution in [2.45, 2.75) is 36.7 Å². The van der Waals surface area contributed by atoms with E-state index in [1.54, 1.807) is 49.4 Å². The number of pyridine rings is 1. The van der Waals surface area contributed by atoms with Crippen molar-refractivity contribution in [3.05, 3.63) is 105 Å². The molecule has 0 radical (unpaired) electrons. The van der Waals surface area contributed by atoms with Crippen molar-refractivity contribution in [3.8, 4) is 22.8 Å². The van der Waals surface area contributed by atoms with Crippen LogP contribution in [0, 0.1) is 5.82 Å². The zero-order valence-electron chi connectivity index (χ0n) is 25.8. The molecule has 246 valence electrons. The second-order valence-electron chi connectivity index (χ2n) is 12.2. The minimum Gasteiger partial charge on any atom is -0.494 e. The third-order valence-electron chi connectivity index (χ3n) is 8.97. The van der Waals surface area contributed by atoms with Gasteiger partial charge in [0, 0.05) is 22.6 Å². The van der Waals surface area contributed by atoms with Crippen LogP contribution < -0.4 is 20.5 Å². The summed E-state index contributed by atoms with van der Waals surface area (Å²) in [7, 11) is 1.48. The number of amides is 2. The molecule has 0 bridgehead atoms. The fraction of sp³-hybridized carbons (Fsp3) is 0.257. The number of methoxy groups -OCH3 is 1. The second kappa shape index (κ2) is 11.8. The molecule has 0 unspecified atom stereocenters. The van der Waals surface area contributed by atoms with Gasteiger partial charge in [0.25, 0.3) is 5.91 Å². The Labute approximate surface area is 284 Å². The molecule has 2 aromatic heterocycles. The summed E-state index contributed by atoms with van der Waals surface area (Å²) in [5.41, 5.74) is 4.76. The number of hydrogen-bond donors (Lipinski definition) is 3. The molecule has 4 N–H and O–H groups in total. The van der Waals surface area contributed by atoms with E-state index in [4.69, 9.17) is 47.8 Å². The highest BCUT2D eigenvalue weighted by Gasteiger charge is 2.46. The Kier molecular flexibility index (Phi) is 7.81. The summed E-state index contributed by atoms with van der Waals surface area (Å²) >= 11 is 12.7. The van der Waals surface area contributed by atoms with E-state index in [-0.39, 0.29) is 57.4 Å². The van der Waals surface area contributed by atoms with Crippen LogP contribution in [0.1, 0.15) is 58.8 Å². The van der Waals surface area contributed by atoms with Gasteiger partial charge < -0.3 is 30.0 Å². The van der Waals surface area contributed by atoms with Gasteiger partial charge in [-0.25, -0.2) is 14.4 Å². The number of nitrogens with zero attached hydrogens (tertiary/aromatic N) is 2. The highest BCUT2D eigenvalue weighted by Crippen LogP contribution is 2.48. The molecule has 2 atom stereocenters. The first-order valence-corrected chi connectivity index (χ1v) is 15.9. The molecule has 3 heterocycles. The van der Waals surface area contributed by atoms with E-state index in [1.165, 1.54) is 19.2 Å². The Balaban J connectivity index is 1.34. The van der Waals surface area contributed by atoms with Crippen molar-refractivity contribution in [3.63, 3.8) is 0 Å². The van der Waals surface area contributed by atoms with E-state index in [2.05, 4.69) is 10.3 Å². The Hall–Kier alpha value is -4.71. The van der Waals surface area contributed by atoms with E-state index >= 15 is 0 Å². The minimum absolute atomic E-state index is 0.0366. The van der Waals surface area contributed by atoms with Crippen LogP contribution in [0.5, 0.6) is 11.5 Å². The number of nitrogens with one attached hydrogen (secondary N) is 1. The topological polar surface area (TPSA) is 150 Å². The molecule has 5 aromatic rings. The second-order valence-corrected chi connectivity index (χ2v) is 13.0. The van der Waals surface area contributed by atoms with Gasteiger partial charge in [0.2, 0.25) is 5.91 Å². The van der Waals surface area contributed by atoms with Gasteiger partial charge in [-0.15, -0.1) is 0 Å². The molecule has 48 heavy (non-hydrogen) atoms. The summed E-state index contributed by atoms with van der Waals surface area (Å²) in [6, 6.07) is 15.7. The number of aromatic nitrogens is 2. The zero-order valence-corrected chi connectivity index (χ0v) is 27.3. The van der Waals surface area contributed by atoms with Crippen LogP contribution in [-0.2, 0) is 15.8 Å². The Morgan fingerprint density at radius 1 is 1.12 bits per heavy atom. The summed E-state index contributed by atoms with van der Waals surface area (Å²) < 4.78 is 31.8. The van der Waals surface area contributed by atoms with Crippen LogP contribution >= 0.6 is 23.2 Å².